The Kier molecular flexibility index (Phi) is 8.48. The number of carbonyl (C=O) groups is 1. The van der Waals surface area contributed by atoms with Gasteiger partial charge in [-0.3, -0.25) is 4.79 Å². The van der Waals surface area contributed by atoms with Crippen molar-refractivity contribution in [2.24, 2.45) is 0 Å². The number of amides is 1. The van der Waals surface area contributed by atoms with Crippen molar-refractivity contribution in [1.29, 1.82) is 0 Å². The number of hydrogen-bond acceptors (Lipinski definition) is 5. The minimum Gasteiger partial charge on any atom is -0.441 e. The van der Waals surface area contributed by atoms with E-state index in [-0.39, 0.29) is 12.3 Å². The largest absolute Gasteiger partial charge is 0.441 e. The molecule has 0 radical (unpaired) electrons. The Morgan fingerprint density at radius 2 is 2.00 bits per heavy atom. The first-order chi connectivity index (χ1) is 13.0. The summed E-state index contributed by atoms with van der Waals surface area (Å²) in [6.07, 6.45) is 0.209. The molecule has 27 heavy (non-hydrogen) atoms. The Morgan fingerprint density at radius 1 is 1.22 bits per heavy atom. The minimum atomic E-state index is -0.0745. The third kappa shape index (κ3) is 6.81. The van der Waals surface area contributed by atoms with Gasteiger partial charge >= 0.3 is 0 Å². The molecule has 6 nitrogen and oxygen atoms in total. The molecule has 0 fully saturated rings. The van der Waals surface area contributed by atoms with Crippen molar-refractivity contribution in [2.75, 3.05) is 39.4 Å². The molecule has 0 unspecified atom stereocenters. The van der Waals surface area contributed by atoms with E-state index in [4.69, 9.17) is 9.15 Å². The van der Waals surface area contributed by atoms with Crippen LogP contribution in [0.25, 0.3) is 11.5 Å². The zero-order valence-corrected chi connectivity index (χ0v) is 16.9. The van der Waals surface area contributed by atoms with Crippen LogP contribution in [0.4, 0.5) is 0 Å². The van der Waals surface area contributed by atoms with Gasteiger partial charge in [0.1, 0.15) is 5.76 Å². The van der Waals surface area contributed by atoms with Gasteiger partial charge in [-0.25, -0.2) is 4.98 Å². The topological polar surface area (TPSA) is 67.6 Å². The van der Waals surface area contributed by atoms with Crippen LogP contribution < -0.4 is 5.32 Å². The molecule has 2 aromatic rings. The second kappa shape index (κ2) is 10.8. The molecule has 0 aliphatic carbocycles. The summed E-state index contributed by atoms with van der Waals surface area (Å²) >= 11 is 0. The van der Waals surface area contributed by atoms with Crippen molar-refractivity contribution in [3.05, 3.63) is 41.3 Å². The molecule has 1 N–H and O–H groups in total. The molecule has 0 spiro atoms. The number of oxazole rings is 1. The molecule has 0 bridgehead atoms. The van der Waals surface area contributed by atoms with E-state index in [2.05, 4.69) is 29.0 Å². The number of aromatic nitrogens is 1. The number of rotatable bonds is 11. The second-order valence-corrected chi connectivity index (χ2v) is 6.56. The van der Waals surface area contributed by atoms with Gasteiger partial charge in [-0.2, -0.15) is 0 Å². The van der Waals surface area contributed by atoms with Crippen LogP contribution >= 0.6 is 0 Å². The number of ether oxygens (including phenoxy) is 1. The van der Waals surface area contributed by atoms with Gasteiger partial charge in [-0.1, -0.05) is 31.5 Å². The first-order valence-electron chi connectivity index (χ1n) is 9.63. The van der Waals surface area contributed by atoms with Gasteiger partial charge in [0.2, 0.25) is 11.8 Å². The van der Waals surface area contributed by atoms with E-state index in [0.29, 0.717) is 37.1 Å². The summed E-state index contributed by atoms with van der Waals surface area (Å²) in [4.78, 5) is 18.9. The molecule has 1 amide bonds. The summed E-state index contributed by atoms with van der Waals surface area (Å²) in [5, 5.41) is 2.87. The van der Waals surface area contributed by atoms with Gasteiger partial charge < -0.3 is 19.4 Å². The SMILES string of the molecule is CCN(CC)CCOCCNC(=O)Cc1nc(-c2cccc(C)c2)oc1C. The van der Waals surface area contributed by atoms with E-state index in [9.17, 15) is 4.79 Å². The second-order valence-electron chi connectivity index (χ2n) is 6.56. The van der Waals surface area contributed by atoms with Crippen molar-refractivity contribution >= 4 is 5.91 Å². The lowest BCUT2D eigenvalue weighted by atomic mass is 10.1. The van der Waals surface area contributed by atoms with Gasteiger partial charge in [0.25, 0.3) is 0 Å². The number of nitrogens with zero attached hydrogens (tertiary/aromatic N) is 2. The lowest BCUT2D eigenvalue weighted by Gasteiger charge is -2.17. The molecule has 0 saturated heterocycles. The van der Waals surface area contributed by atoms with Gasteiger partial charge in [0.15, 0.2) is 0 Å². The smallest absolute Gasteiger partial charge is 0.226 e. The predicted molar refractivity (Wildman–Crippen MR) is 107 cm³/mol. The molecular formula is C21H31N3O3. The monoisotopic (exact) mass is 373 g/mol. The number of hydrogen-bond donors (Lipinski definition) is 1. The number of likely N-dealkylation sites (N-methyl/N-ethyl adjacent to an activating group) is 1. The molecular weight excluding hydrogens is 342 g/mol. The number of aryl methyl sites for hydroxylation is 2. The maximum atomic E-state index is 12.1. The van der Waals surface area contributed by atoms with Crippen LogP contribution in [0.3, 0.4) is 0 Å². The van der Waals surface area contributed by atoms with E-state index < -0.39 is 0 Å². The zero-order valence-electron chi connectivity index (χ0n) is 16.9. The van der Waals surface area contributed by atoms with Crippen molar-refractivity contribution in [2.45, 2.75) is 34.1 Å². The minimum absolute atomic E-state index is 0.0745. The van der Waals surface area contributed by atoms with Crippen molar-refractivity contribution in [1.82, 2.24) is 15.2 Å². The maximum absolute atomic E-state index is 12.1. The molecule has 6 heteroatoms. The summed E-state index contributed by atoms with van der Waals surface area (Å²) < 4.78 is 11.3. The molecule has 0 aliphatic heterocycles. The fourth-order valence-corrected chi connectivity index (χ4v) is 2.81. The lowest BCUT2D eigenvalue weighted by Crippen LogP contribution is -2.31. The summed E-state index contributed by atoms with van der Waals surface area (Å²) in [6.45, 7) is 12.8. The van der Waals surface area contributed by atoms with Crippen LogP contribution in [0.2, 0.25) is 0 Å². The van der Waals surface area contributed by atoms with Gasteiger partial charge in [0, 0.05) is 18.7 Å². The summed E-state index contributed by atoms with van der Waals surface area (Å²) in [7, 11) is 0. The molecule has 2 rings (SSSR count). The normalized spacial score (nSPS) is 11.1. The Labute approximate surface area is 161 Å². The average Bonchev–Trinajstić information content (AvgIpc) is 3.02. The van der Waals surface area contributed by atoms with E-state index in [1.807, 2.05) is 38.1 Å². The standard InChI is InChI=1S/C21H31N3O3/c1-5-24(6-2)11-13-26-12-10-22-20(25)15-19-17(4)27-21(23-19)18-9-7-8-16(3)14-18/h7-9,14H,5-6,10-13,15H2,1-4H3,(H,22,25). The third-order valence-corrected chi connectivity index (χ3v) is 4.50. The van der Waals surface area contributed by atoms with E-state index in [1.165, 1.54) is 0 Å². The van der Waals surface area contributed by atoms with E-state index in [1.54, 1.807) is 0 Å². The number of nitrogens with one attached hydrogen (secondary N) is 1. The van der Waals surface area contributed by atoms with E-state index >= 15 is 0 Å². The lowest BCUT2D eigenvalue weighted by molar-refractivity contribution is -0.120. The highest BCUT2D eigenvalue weighted by Crippen LogP contribution is 2.22. The first kappa shape index (κ1) is 21.1. The molecule has 0 atom stereocenters. The molecule has 1 aromatic heterocycles. The van der Waals surface area contributed by atoms with Crippen molar-refractivity contribution < 1.29 is 13.9 Å². The average molecular weight is 373 g/mol. The predicted octanol–water partition coefficient (Wildman–Crippen LogP) is 2.98. The van der Waals surface area contributed by atoms with Crippen LogP contribution in [0, 0.1) is 13.8 Å². The fraction of sp³-hybridized carbons (Fsp3) is 0.524. The Balaban J connectivity index is 1.74. The van der Waals surface area contributed by atoms with Gasteiger partial charge in [-0.15, -0.1) is 0 Å². The summed E-state index contributed by atoms with van der Waals surface area (Å²) in [6, 6.07) is 7.97. The molecule has 0 aliphatic rings. The summed E-state index contributed by atoms with van der Waals surface area (Å²) in [5.41, 5.74) is 2.74. The number of benzene rings is 1. The van der Waals surface area contributed by atoms with Crippen molar-refractivity contribution in [3.8, 4) is 11.5 Å². The maximum Gasteiger partial charge on any atom is 0.226 e. The van der Waals surface area contributed by atoms with Crippen molar-refractivity contribution in [3.63, 3.8) is 0 Å². The van der Waals surface area contributed by atoms with Crippen LogP contribution in [0.5, 0.6) is 0 Å². The molecule has 1 aromatic carbocycles. The Hall–Kier alpha value is -2.18. The fourth-order valence-electron chi connectivity index (χ4n) is 2.81. The molecule has 1 heterocycles. The van der Waals surface area contributed by atoms with Crippen LogP contribution in [-0.2, 0) is 16.0 Å². The third-order valence-electron chi connectivity index (χ3n) is 4.50. The van der Waals surface area contributed by atoms with Crippen LogP contribution in [-0.4, -0.2) is 55.2 Å². The molecule has 0 saturated carbocycles. The first-order valence-corrected chi connectivity index (χ1v) is 9.63. The Bertz CT molecular complexity index is 723. The van der Waals surface area contributed by atoms with Gasteiger partial charge in [0.05, 0.1) is 25.3 Å². The summed E-state index contributed by atoms with van der Waals surface area (Å²) in [5.74, 6) is 1.16. The molecule has 148 valence electrons. The zero-order chi connectivity index (χ0) is 19.6. The highest BCUT2D eigenvalue weighted by Gasteiger charge is 2.14. The van der Waals surface area contributed by atoms with Crippen LogP contribution in [0.1, 0.15) is 30.9 Å². The highest BCUT2D eigenvalue weighted by atomic mass is 16.5. The van der Waals surface area contributed by atoms with Crippen LogP contribution in [0.15, 0.2) is 28.7 Å². The highest BCUT2D eigenvalue weighted by molar-refractivity contribution is 5.78. The van der Waals surface area contributed by atoms with Gasteiger partial charge in [-0.05, 0) is 39.1 Å². The van der Waals surface area contributed by atoms with E-state index in [0.717, 1.165) is 30.8 Å². The number of carbonyl (C=O) groups excluding carboxylic acids is 1. The quantitative estimate of drug-likeness (QED) is 0.613. The Morgan fingerprint density at radius 3 is 2.70 bits per heavy atom.